The maximum Gasteiger partial charge on any atom is 0.472 e. The summed E-state index contributed by atoms with van der Waals surface area (Å²) in [4.78, 5) is 44.8. The van der Waals surface area contributed by atoms with Gasteiger partial charge in [0.1, 0.15) is 12.7 Å². The quantitative estimate of drug-likeness (QED) is 0.0219. The minimum atomic E-state index is -4.73. The van der Waals surface area contributed by atoms with Crippen LogP contribution in [0.1, 0.15) is 149 Å². The van der Waals surface area contributed by atoms with Crippen molar-refractivity contribution >= 4 is 25.7 Å². The van der Waals surface area contributed by atoms with Crippen LogP contribution in [-0.4, -0.2) is 64.9 Å². The maximum atomic E-state index is 12.0. The van der Waals surface area contributed by atoms with Gasteiger partial charge in [0, 0.05) is 12.8 Å². The first-order valence-electron chi connectivity index (χ1n) is 18.5. The standard InChI is InChI=1S/C37H66NO10P/c1-3-5-7-8-9-10-11-12-13-14-15-16-17-18-19-20-21-22-23-24-25-26-27-29-36(41)46-30-33(39)31-47-49(44,45)48-32-34(37(42)43)38-35(40)28-6-4-2/h9-10,12-13,15-16,33-34,39H,3-8,11,14,17-32H2,1-2H3,(H,38,40)(H,42,43)(H,44,45)/b10-9-,13-12-,16-15-. The van der Waals surface area contributed by atoms with Crippen molar-refractivity contribution in [2.24, 2.45) is 0 Å². The Labute approximate surface area is 295 Å². The number of nitrogens with one attached hydrogen (secondary N) is 1. The summed E-state index contributed by atoms with van der Waals surface area (Å²) in [5.41, 5.74) is 0. The van der Waals surface area contributed by atoms with Gasteiger partial charge in [0.2, 0.25) is 5.91 Å². The number of ether oxygens (including phenoxy) is 1. The summed E-state index contributed by atoms with van der Waals surface area (Å²) in [6.45, 7) is 2.21. The van der Waals surface area contributed by atoms with Crippen LogP contribution in [0.4, 0.5) is 0 Å². The van der Waals surface area contributed by atoms with Gasteiger partial charge in [-0.05, 0) is 51.4 Å². The highest BCUT2D eigenvalue weighted by Gasteiger charge is 2.28. The molecule has 0 aliphatic carbocycles. The molecule has 0 heterocycles. The van der Waals surface area contributed by atoms with E-state index in [2.05, 4.69) is 57.7 Å². The zero-order valence-corrected chi connectivity index (χ0v) is 31.1. The monoisotopic (exact) mass is 715 g/mol. The van der Waals surface area contributed by atoms with E-state index in [1.165, 1.54) is 64.2 Å². The van der Waals surface area contributed by atoms with Crippen molar-refractivity contribution < 1.29 is 47.8 Å². The van der Waals surface area contributed by atoms with Gasteiger partial charge in [-0.15, -0.1) is 0 Å². The van der Waals surface area contributed by atoms with Crippen LogP contribution in [0.25, 0.3) is 0 Å². The zero-order chi connectivity index (χ0) is 36.4. The van der Waals surface area contributed by atoms with E-state index in [4.69, 9.17) is 4.74 Å². The van der Waals surface area contributed by atoms with Gasteiger partial charge >= 0.3 is 19.8 Å². The highest BCUT2D eigenvalue weighted by molar-refractivity contribution is 7.47. The van der Waals surface area contributed by atoms with Crippen molar-refractivity contribution in [3.63, 3.8) is 0 Å². The van der Waals surface area contributed by atoms with E-state index in [1.807, 2.05) is 6.92 Å². The van der Waals surface area contributed by atoms with Crippen molar-refractivity contribution in [3.05, 3.63) is 36.5 Å². The third-order valence-electron chi connectivity index (χ3n) is 7.68. The van der Waals surface area contributed by atoms with E-state index in [9.17, 15) is 34.1 Å². The minimum absolute atomic E-state index is 0.120. The second-order valence-electron chi connectivity index (χ2n) is 12.4. The molecule has 0 aromatic carbocycles. The number of hydrogen-bond acceptors (Lipinski definition) is 8. The van der Waals surface area contributed by atoms with E-state index in [-0.39, 0.29) is 12.8 Å². The second kappa shape index (κ2) is 32.9. The number of esters is 1. The molecular formula is C37H66NO10P. The minimum Gasteiger partial charge on any atom is -0.480 e. The summed E-state index contributed by atoms with van der Waals surface area (Å²) >= 11 is 0. The summed E-state index contributed by atoms with van der Waals surface area (Å²) in [5.74, 6) is -2.43. The number of hydrogen-bond donors (Lipinski definition) is 4. The Balaban J connectivity index is 3.73. The zero-order valence-electron chi connectivity index (χ0n) is 30.2. The van der Waals surface area contributed by atoms with Gasteiger partial charge in [-0.2, -0.15) is 0 Å². The van der Waals surface area contributed by atoms with Crippen LogP contribution in [0.15, 0.2) is 36.5 Å². The molecule has 0 saturated carbocycles. The highest BCUT2D eigenvalue weighted by Crippen LogP contribution is 2.43. The smallest absolute Gasteiger partial charge is 0.472 e. The van der Waals surface area contributed by atoms with Crippen LogP contribution in [0.2, 0.25) is 0 Å². The first-order valence-corrected chi connectivity index (χ1v) is 20.0. The van der Waals surface area contributed by atoms with Gasteiger partial charge in [-0.25, -0.2) is 9.36 Å². The Morgan fingerprint density at radius 1 is 0.653 bits per heavy atom. The molecule has 0 saturated heterocycles. The molecule has 0 aromatic rings. The molecule has 4 N–H and O–H groups in total. The van der Waals surface area contributed by atoms with Gasteiger partial charge in [-0.1, -0.05) is 121 Å². The van der Waals surface area contributed by atoms with E-state index in [0.717, 1.165) is 44.9 Å². The van der Waals surface area contributed by atoms with Crippen LogP contribution in [0.5, 0.6) is 0 Å². The average molecular weight is 716 g/mol. The van der Waals surface area contributed by atoms with Crippen molar-refractivity contribution in [2.45, 2.75) is 161 Å². The van der Waals surface area contributed by atoms with Gasteiger partial charge in [0.15, 0.2) is 6.04 Å². The molecule has 11 nitrogen and oxygen atoms in total. The van der Waals surface area contributed by atoms with Crippen LogP contribution < -0.4 is 5.32 Å². The predicted octanol–water partition coefficient (Wildman–Crippen LogP) is 8.49. The molecular weight excluding hydrogens is 649 g/mol. The molecule has 0 aromatic heterocycles. The lowest BCUT2D eigenvalue weighted by Crippen LogP contribution is -2.43. The maximum absolute atomic E-state index is 12.0. The molecule has 3 unspecified atom stereocenters. The predicted molar refractivity (Wildman–Crippen MR) is 194 cm³/mol. The number of aliphatic carboxylic acids is 1. The summed E-state index contributed by atoms with van der Waals surface area (Å²) in [5, 5.41) is 21.4. The number of carboxylic acids is 1. The molecule has 1 amide bonds. The summed E-state index contributed by atoms with van der Waals surface area (Å²) in [6, 6.07) is -1.54. The number of allylic oxidation sites excluding steroid dienone is 6. The van der Waals surface area contributed by atoms with Gasteiger partial charge < -0.3 is 25.2 Å². The lowest BCUT2D eigenvalue weighted by molar-refractivity contribution is -0.147. The Morgan fingerprint density at radius 3 is 1.69 bits per heavy atom. The van der Waals surface area contributed by atoms with E-state index in [1.54, 1.807) is 0 Å². The number of phosphoric acid groups is 1. The Hall–Kier alpha value is -2.30. The van der Waals surface area contributed by atoms with Crippen LogP contribution in [-0.2, 0) is 32.7 Å². The SMILES string of the molecule is CCCCC/C=C\C/C=C\C/C=C\CCCCCCCCCCCCC(=O)OCC(O)COP(=O)(O)OCC(NC(=O)CCCC)C(=O)O. The Bertz CT molecular complexity index is 984. The molecule has 49 heavy (non-hydrogen) atoms. The fraction of sp³-hybridized carbons (Fsp3) is 0.757. The first kappa shape index (κ1) is 46.7. The molecule has 0 bridgehead atoms. The summed E-state index contributed by atoms with van der Waals surface area (Å²) < 4.78 is 26.4. The number of rotatable bonds is 34. The van der Waals surface area contributed by atoms with Crippen molar-refractivity contribution in [1.29, 1.82) is 0 Å². The largest absolute Gasteiger partial charge is 0.480 e. The van der Waals surface area contributed by atoms with Gasteiger partial charge in [0.05, 0.1) is 13.2 Å². The summed E-state index contributed by atoms with van der Waals surface area (Å²) in [6.07, 6.45) is 33.4. The van der Waals surface area contributed by atoms with Gasteiger partial charge in [0.25, 0.3) is 0 Å². The van der Waals surface area contributed by atoms with Crippen molar-refractivity contribution in [1.82, 2.24) is 5.32 Å². The number of unbranched alkanes of at least 4 members (excludes halogenated alkanes) is 14. The number of carbonyl (C=O) groups is 3. The number of carbonyl (C=O) groups excluding carboxylic acids is 2. The molecule has 0 aliphatic rings. The average Bonchev–Trinajstić information content (AvgIpc) is 3.07. The van der Waals surface area contributed by atoms with E-state index >= 15 is 0 Å². The third kappa shape index (κ3) is 32.7. The van der Waals surface area contributed by atoms with E-state index < -0.39 is 57.6 Å². The Morgan fingerprint density at radius 2 is 1.14 bits per heavy atom. The number of carboxylic acid groups (broad SMARTS) is 1. The Kier molecular flexibility index (Phi) is 31.3. The summed E-state index contributed by atoms with van der Waals surface area (Å²) in [7, 11) is -4.73. The molecule has 0 radical (unpaired) electrons. The normalized spacial score (nSPS) is 14.4. The number of phosphoric ester groups is 1. The lowest BCUT2D eigenvalue weighted by Gasteiger charge is -2.18. The van der Waals surface area contributed by atoms with Gasteiger partial charge in [-0.3, -0.25) is 18.6 Å². The van der Waals surface area contributed by atoms with Crippen LogP contribution in [0.3, 0.4) is 0 Å². The molecule has 0 fully saturated rings. The number of aliphatic hydroxyl groups is 1. The fourth-order valence-electron chi connectivity index (χ4n) is 4.71. The molecule has 0 spiro atoms. The fourth-order valence-corrected chi connectivity index (χ4v) is 5.48. The lowest BCUT2D eigenvalue weighted by atomic mass is 10.1. The molecule has 0 aliphatic heterocycles. The topological polar surface area (TPSA) is 169 Å². The second-order valence-corrected chi connectivity index (χ2v) is 13.9. The molecule has 284 valence electrons. The first-order chi connectivity index (χ1) is 23.6. The van der Waals surface area contributed by atoms with E-state index in [0.29, 0.717) is 12.8 Å². The van der Waals surface area contributed by atoms with Crippen molar-refractivity contribution in [3.8, 4) is 0 Å². The van der Waals surface area contributed by atoms with Crippen LogP contribution >= 0.6 is 7.82 Å². The molecule has 0 rings (SSSR count). The van der Waals surface area contributed by atoms with Crippen LogP contribution in [0, 0.1) is 0 Å². The molecule has 3 atom stereocenters. The third-order valence-corrected chi connectivity index (χ3v) is 8.63. The highest BCUT2D eigenvalue weighted by atomic mass is 31.2. The number of aliphatic hydroxyl groups excluding tert-OH is 1. The molecule has 12 heteroatoms. The number of amides is 1. The van der Waals surface area contributed by atoms with Crippen molar-refractivity contribution in [2.75, 3.05) is 19.8 Å².